The van der Waals surface area contributed by atoms with Crippen molar-refractivity contribution in [3.63, 3.8) is 0 Å². The van der Waals surface area contributed by atoms with Crippen molar-refractivity contribution in [1.29, 1.82) is 0 Å². The minimum absolute atomic E-state index is 0.640. The number of nitrogens with two attached hydrogens (primary N) is 1. The molecule has 20 heavy (non-hydrogen) atoms. The predicted octanol–water partition coefficient (Wildman–Crippen LogP) is 2.87. The fourth-order valence-electron chi connectivity index (χ4n) is 2.48. The highest BCUT2D eigenvalue weighted by Crippen LogP contribution is 2.25. The standard InChI is InChI=1S/C16H23ClN2O/c1-2-20-16-6-5-13(10-15(16)17)7-9-19-8-3-4-14(11-18)12-19/h4-6,10H,2-3,7-9,11-12,18H2,1H3. The number of halogens is 1. The van der Waals surface area contributed by atoms with E-state index < -0.39 is 0 Å². The molecular formula is C16H23ClN2O. The summed E-state index contributed by atoms with van der Waals surface area (Å²) in [4.78, 5) is 2.45. The first-order valence-electron chi connectivity index (χ1n) is 7.24. The molecule has 1 aliphatic rings. The Labute approximate surface area is 126 Å². The molecule has 2 rings (SSSR count). The quantitative estimate of drug-likeness (QED) is 0.820. The Balaban J connectivity index is 1.88. The smallest absolute Gasteiger partial charge is 0.137 e. The molecule has 0 aromatic heterocycles. The third-order valence-corrected chi connectivity index (χ3v) is 3.88. The van der Waals surface area contributed by atoms with Crippen LogP contribution in [-0.2, 0) is 6.42 Å². The Hall–Kier alpha value is -1.03. The molecule has 2 N–H and O–H groups in total. The van der Waals surface area contributed by atoms with E-state index in [0.29, 0.717) is 18.2 Å². The Kier molecular flexibility index (Phi) is 5.89. The summed E-state index contributed by atoms with van der Waals surface area (Å²) >= 11 is 6.21. The Morgan fingerprint density at radius 3 is 2.95 bits per heavy atom. The molecule has 0 saturated heterocycles. The van der Waals surface area contributed by atoms with Gasteiger partial charge in [-0.25, -0.2) is 0 Å². The largest absolute Gasteiger partial charge is 0.492 e. The number of rotatable bonds is 6. The lowest BCUT2D eigenvalue weighted by atomic mass is 10.1. The summed E-state index contributed by atoms with van der Waals surface area (Å²) in [5, 5.41) is 0.700. The molecule has 0 spiro atoms. The molecule has 0 bridgehead atoms. The lowest BCUT2D eigenvalue weighted by Crippen LogP contribution is -2.33. The second-order valence-electron chi connectivity index (χ2n) is 5.08. The predicted molar refractivity (Wildman–Crippen MR) is 84.5 cm³/mol. The highest BCUT2D eigenvalue weighted by molar-refractivity contribution is 6.32. The van der Waals surface area contributed by atoms with Crippen LogP contribution < -0.4 is 10.5 Å². The summed E-state index contributed by atoms with van der Waals surface area (Å²) in [5.41, 5.74) is 8.31. The molecule has 0 atom stereocenters. The van der Waals surface area contributed by atoms with Crippen molar-refractivity contribution in [1.82, 2.24) is 4.90 Å². The summed E-state index contributed by atoms with van der Waals surface area (Å²) in [5.74, 6) is 0.768. The van der Waals surface area contributed by atoms with E-state index in [1.54, 1.807) is 0 Å². The van der Waals surface area contributed by atoms with E-state index in [0.717, 1.165) is 38.2 Å². The van der Waals surface area contributed by atoms with Crippen molar-refractivity contribution in [3.8, 4) is 5.75 Å². The number of hydrogen-bond acceptors (Lipinski definition) is 3. The van der Waals surface area contributed by atoms with Gasteiger partial charge in [-0.15, -0.1) is 0 Å². The van der Waals surface area contributed by atoms with Crippen LogP contribution >= 0.6 is 11.6 Å². The zero-order valence-corrected chi connectivity index (χ0v) is 12.8. The maximum atomic E-state index is 6.21. The lowest BCUT2D eigenvalue weighted by Gasteiger charge is -2.26. The first-order valence-corrected chi connectivity index (χ1v) is 7.62. The zero-order chi connectivity index (χ0) is 14.4. The van der Waals surface area contributed by atoms with Gasteiger partial charge in [0.05, 0.1) is 11.6 Å². The average molecular weight is 295 g/mol. The molecule has 110 valence electrons. The molecule has 1 heterocycles. The lowest BCUT2D eigenvalue weighted by molar-refractivity contribution is 0.292. The number of nitrogens with zero attached hydrogens (tertiary/aromatic N) is 1. The molecule has 1 aromatic carbocycles. The first-order chi connectivity index (χ1) is 9.72. The molecule has 0 radical (unpaired) electrons. The molecule has 1 aromatic rings. The van der Waals surface area contributed by atoms with E-state index >= 15 is 0 Å². The molecule has 0 unspecified atom stereocenters. The summed E-state index contributed by atoms with van der Waals surface area (Å²) in [6.45, 7) is 6.44. The highest BCUT2D eigenvalue weighted by Gasteiger charge is 2.11. The van der Waals surface area contributed by atoms with Gasteiger partial charge in [-0.1, -0.05) is 23.7 Å². The van der Waals surface area contributed by atoms with Gasteiger partial charge in [0, 0.05) is 26.2 Å². The van der Waals surface area contributed by atoms with Crippen LogP contribution in [0.5, 0.6) is 5.75 Å². The third kappa shape index (κ3) is 4.23. The van der Waals surface area contributed by atoms with Crippen LogP contribution in [0.2, 0.25) is 5.02 Å². The fraction of sp³-hybridized carbons (Fsp3) is 0.500. The van der Waals surface area contributed by atoms with Crippen molar-refractivity contribution < 1.29 is 4.74 Å². The molecule has 0 aliphatic carbocycles. The van der Waals surface area contributed by atoms with Gasteiger partial charge < -0.3 is 10.5 Å². The van der Waals surface area contributed by atoms with Gasteiger partial charge >= 0.3 is 0 Å². The molecular weight excluding hydrogens is 272 g/mol. The Morgan fingerprint density at radius 1 is 1.40 bits per heavy atom. The molecule has 0 amide bonds. The second kappa shape index (κ2) is 7.67. The van der Waals surface area contributed by atoms with E-state index in [-0.39, 0.29) is 0 Å². The van der Waals surface area contributed by atoms with E-state index in [9.17, 15) is 0 Å². The number of hydrogen-bond donors (Lipinski definition) is 1. The monoisotopic (exact) mass is 294 g/mol. The van der Waals surface area contributed by atoms with Crippen LogP contribution in [0, 0.1) is 0 Å². The van der Waals surface area contributed by atoms with Gasteiger partial charge in [-0.2, -0.15) is 0 Å². The molecule has 3 nitrogen and oxygen atoms in total. The number of ether oxygens (including phenoxy) is 1. The molecule has 0 fully saturated rings. The van der Waals surface area contributed by atoms with E-state index in [1.807, 2.05) is 19.1 Å². The summed E-state index contributed by atoms with van der Waals surface area (Å²) in [6.07, 6.45) is 4.38. The second-order valence-corrected chi connectivity index (χ2v) is 5.49. The summed E-state index contributed by atoms with van der Waals surface area (Å²) in [7, 11) is 0. The normalized spacial score (nSPS) is 16.1. The van der Waals surface area contributed by atoms with Gasteiger partial charge in [0.2, 0.25) is 0 Å². The van der Waals surface area contributed by atoms with Crippen LogP contribution in [0.1, 0.15) is 18.9 Å². The van der Waals surface area contributed by atoms with Gasteiger partial charge in [-0.05, 0) is 43.0 Å². The Bertz CT molecular complexity index is 474. The molecule has 0 saturated carbocycles. The summed E-state index contributed by atoms with van der Waals surface area (Å²) in [6, 6.07) is 6.07. The van der Waals surface area contributed by atoms with Gasteiger partial charge in [-0.3, -0.25) is 4.90 Å². The van der Waals surface area contributed by atoms with Crippen LogP contribution in [0.3, 0.4) is 0 Å². The van der Waals surface area contributed by atoms with Crippen molar-refractivity contribution in [2.75, 3.05) is 32.8 Å². The maximum Gasteiger partial charge on any atom is 0.137 e. The topological polar surface area (TPSA) is 38.5 Å². The summed E-state index contributed by atoms with van der Waals surface area (Å²) < 4.78 is 5.45. The van der Waals surface area contributed by atoms with E-state index in [4.69, 9.17) is 22.1 Å². The van der Waals surface area contributed by atoms with Crippen molar-refractivity contribution >= 4 is 11.6 Å². The van der Waals surface area contributed by atoms with Crippen LogP contribution in [0.4, 0.5) is 0 Å². The highest BCUT2D eigenvalue weighted by atomic mass is 35.5. The third-order valence-electron chi connectivity index (χ3n) is 3.58. The minimum Gasteiger partial charge on any atom is -0.492 e. The SMILES string of the molecule is CCOc1ccc(CCN2CCC=C(CN)C2)cc1Cl. The van der Waals surface area contributed by atoms with Crippen molar-refractivity contribution in [3.05, 3.63) is 40.4 Å². The molecule has 4 heteroatoms. The average Bonchev–Trinajstić information content (AvgIpc) is 2.48. The Morgan fingerprint density at radius 2 is 2.25 bits per heavy atom. The first kappa shape index (κ1) is 15.4. The van der Waals surface area contributed by atoms with E-state index in [1.165, 1.54) is 11.1 Å². The zero-order valence-electron chi connectivity index (χ0n) is 12.1. The minimum atomic E-state index is 0.640. The van der Waals surface area contributed by atoms with Gasteiger partial charge in [0.1, 0.15) is 5.75 Å². The van der Waals surface area contributed by atoms with Crippen LogP contribution in [-0.4, -0.2) is 37.7 Å². The van der Waals surface area contributed by atoms with Crippen LogP contribution in [0.15, 0.2) is 29.8 Å². The van der Waals surface area contributed by atoms with Crippen LogP contribution in [0.25, 0.3) is 0 Å². The van der Waals surface area contributed by atoms with Crippen molar-refractivity contribution in [2.45, 2.75) is 19.8 Å². The molecule has 1 aliphatic heterocycles. The van der Waals surface area contributed by atoms with Gasteiger partial charge in [0.15, 0.2) is 0 Å². The maximum absolute atomic E-state index is 6.21. The van der Waals surface area contributed by atoms with Crippen molar-refractivity contribution in [2.24, 2.45) is 5.73 Å². The number of benzene rings is 1. The van der Waals surface area contributed by atoms with E-state index in [2.05, 4.69) is 17.0 Å². The fourth-order valence-corrected chi connectivity index (χ4v) is 2.74. The van der Waals surface area contributed by atoms with Gasteiger partial charge in [0.25, 0.3) is 0 Å².